The number of aliphatic hydroxyl groups is 2. The minimum atomic E-state index is -4.63. The Morgan fingerprint density at radius 3 is 1.45 bits per heavy atom. The molecule has 0 amide bonds. The summed E-state index contributed by atoms with van der Waals surface area (Å²) in [6.45, 7) is 2.24. The maximum atomic E-state index is 12.6. The molecular formula is C47H83O10P. The van der Waals surface area contributed by atoms with Crippen LogP contribution in [0.3, 0.4) is 0 Å². The number of hydrogen-bond donors (Lipinski definition) is 3. The van der Waals surface area contributed by atoms with Crippen LogP contribution in [0.1, 0.15) is 187 Å². The number of allylic oxidation sites excluding steroid dienone is 10. The number of phosphoric acid groups is 1. The number of hydrogen-bond acceptors (Lipinski definition) is 9. The summed E-state index contributed by atoms with van der Waals surface area (Å²) in [5.74, 6) is -0.952. The smallest absolute Gasteiger partial charge is 0.462 e. The number of aliphatic hydroxyl groups excluding tert-OH is 2. The summed E-state index contributed by atoms with van der Waals surface area (Å²) in [5.41, 5.74) is 0. The van der Waals surface area contributed by atoms with Gasteiger partial charge in [0.2, 0.25) is 0 Å². The van der Waals surface area contributed by atoms with Crippen LogP contribution < -0.4 is 0 Å². The Balaban J connectivity index is 4.31. The highest BCUT2D eigenvalue weighted by atomic mass is 31.2. The molecule has 0 spiro atoms. The van der Waals surface area contributed by atoms with Gasteiger partial charge in [-0.15, -0.1) is 0 Å². The van der Waals surface area contributed by atoms with Gasteiger partial charge in [0.25, 0.3) is 0 Å². The van der Waals surface area contributed by atoms with Gasteiger partial charge in [0.1, 0.15) is 12.7 Å². The van der Waals surface area contributed by atoms with Gasteiger partial charge in [-0.25, -0.2) is 4.57 Å². The fourth-order valence-electron chi connectivity index (χ4n) is 5.92. The zero-order valence-corrected chi connectivity index (χ0v) is 37.4. The van der Waals surface area contributed by atoms with Gasteiger partial charge in [-0.2, -0.15) is 0 Å². The summed E-state index contributed by atoms with van der Waals surface area (Å²) in [4.78, 5) is 35.0. The number of rotatable bonds is 42. The molecular weight excluding hydrogens is 755 g/mol. The van der Waals surface area contributed by atoms with Crippen LogP contribution in [0.15, 0.2) is 60.8 Å². The highest BCUT2D eigenvalue weighted by Crippen LogP contribution is 2.43. The Morgan fingerprint density at radius 1 is 0.534 bits per heavy atom. The van der Waals surface area contributed by atoms with Crippen molar-refractivity contribution >= 4 is 19.8 Å². The molecule has 10 nitrogen and oxygen atoms in total. The molecule has 0 heterocycles. The zero-order chi connectivity index (χ0) is 42.6. The first-order chi connectivity index (χ1) is 28.2. The van der Waals surface area contributed by atoms with E-state index in [2.05, 4.69) is 74.6 Å². The number of phosphoric ester groups is 1. The highest BCUT2D eigenvalue weighted by molar-refractivity contribution is 7.47. The van der Waals surface area contributed by atoms with Gasteiger partial charge in [-0.3, -0.25) is 18.6 Å². The van der Waals surface area contributed by atoms with E-state index >= 15 is 0 Å². The molecule has 3 atom stereocenters. The van der Waals surface area contributed by atoms with E-state index in [1.165, 1.54) is 51.4 Å². The van der Waals surface area contributed by atoms with Gasteiger partial charge in [0, 0.05) is 12.8 Å². The molecule has 0 saturated carbocycles. The van der Waals surface area contributed by atoms with Crippen molar-refractivity contribution in [2.24, 2.45) is 0 Å². The van der Waals surface area contributed by atoms with Crippen molar-refractivity contribution in [1.29, 1.82) is 0 Å². The molecule has 0 aliphatic heterocycles. The lowest BCUT2D eigenvalue weighted by Crippen LogP contribution is -2.29. The normalized spacial score (nSPS) is 14.4. The fourth-order valence-corrected chi connectivity index (χ4v) is 6.71. The molecule has 58 heavy (non-hydrogen) atoms. The molecule has 11 heteroatoms. The molecule has 0 bridgehead atoms. The molecule has 0 radical (unpaired) electrons. The number of esters is 2. The first-order valence-corrected chi connectivity index (χ1v) is 24.2. The van der Waals surface area contributed by atoms with Crippen molar-refractivity contribution < 1.29 is 47.8 Å². The van der Waals surface area contributed by atoms with E-state index in [4.69, 9.17) is 23.6 Å². The van der Waals surface area contributed by atoms with Crippen LogP contribution in [0.2, 0.25) is 0 Å². The Labute approximate surface area is 353 Å². The topological polar surface area (TPSA) is 149 Å². The SMILES string of the molecule is CC/C=C\C/C=C\C/C=C\C/C=C\CCCCCCCCC(=O)OC(COC(=O)CCCCCCC/C=C\CCCCCCCCC)COP(=O)(O)OCC(O)CO. The number of carbonyl (C=O) groups excluding carboxylic acids is 2. The van der Waals surface area contributed by atoms with Crippen molar-refractivity contribution in [3.63, 3.8) is 0 Å². The lowest BCUT2D eigenvalue weighted by atomic mass is 10.1. The fraction of sp³-hybridized carbons (Fsp3) is 0.745. The van der Waals surface area contributed by atoms with Gasteiger partial charge >= 0.3 is 19.8 Å². The van der Waals surface area contributed by atoms with E-state index in [0.29, 0.717) is 12.8 Å². The summed E-state index contributed by atoms with van der Waals surface area (Å²) in [6, 6.07) is 0. The summed E-state index contributed by atoms with van der Waals surface area (Å²) in [6.07, 6.45) is 47.5. The second kappa shape index (κ2) is 42.8. The van der Waals surface area contributed by atoms with Crippen LogP contribution in [0.5, 0.6) is 0 Å². The largest absolute Gasteiger partial charge is 0.472 e. The van der Waals surface area contributed by atoms with Crippen molar-refractivity contribution in [2.75, 3.05) is 26.4 Å². The molecule has 0 rings (SSSR count). The lowest BCUT2D eigenvalue weighted by Gasteiger charge is -2.20. The van der Waals surface area contributed by atoms with Gasteiger partial charge < -0.3 is 24.6 Å². The standard InChI is InChI=1S/C47H83O10P/c1-3-5-7-9-11-13-15-17-19-21-22-23-25-27-29-31-33-35-37-39-47(51)57-45(43-56-58(52,53)55-41-44(49)40-48)42-54-46(50)38-36-34-32-30-28-26-24-20-18-16-14-12-10-8-6-4-2/h5,7,11,13,17,19-20,22-24,44-45,48-49H,3-4,6,8-10,12,14-16,18,21,25-43H2,1-2H3,(H,52,53)/b7-5-,13-11-,19-17-,23-22-,24-20-. The minimum Gasteiger partial charge on any atom is -0.462 e. The summed E-state index contributed by atoms with van der Waals surface area (Å²) in [5, 5.41) is 18.4. The second-order valence-corrected chi connectivity index (χ2v) is 16.5. The molecule has 0 fully saturated rings. The monoisotopic (exact) mass is 839 g/mol. The first kappa shape index (κ1) is 55.7. The molecule has 0 aliphatic rings. The van der Waals surface area contributed by atoms with E-state index in [9.17, 15) is 24.2 Å². The van der Waals surface area contributed by atoms with E-state index in [1.807, 2.05) is 0 Å². The van der Waals surface area contributed by atoms with Crippen molar-refractivity contribution in [2.45, 2.75) is 199 Å². The van der Waals surface area contributed by atoms with E-state index in [-0.39, 0.29) is 19.4 Å². The zero-order valence-electron chi connectivity index (χ0n) is 36.5. The van der Waals surface area contributed by atoms with Gasteiger partial charge in [-0.05, 0) is 77.0 Å². The van der Waals surface area contributed by atoms with E-state index in [0.717, 1.165) is 96.3 Å². The molecule has 0 aromatic carbocycles. The molecule has 0 aromatic heterocycles. The third-order valence-corrected chi connectivity index (χ3v) is 10.4. The van der Waals surface area contributed by atoms with Crippen LogP contribution in [0, 0.1) is 0 Å². The summed E-state index contributed by atoms with van der Waals surface area (Å²) in [7, 11) is -4.63. The van der Waals surface area contributed by atoms with Crippen molar-refractivity contribution in [1.82, 2.24) is 0 Å². The van der Waals surface area contributed by atoms with Crippen LogP contribution >= 0.6 is 7.82 Å². The third kappa shape index (κ3) is 41.8. The predicted molar refractivity (Wildman–Crippen MR) is 237 cm³/mol. The second-order valence-electron chi connectivity index (χ2n) is 15.0. The van der Waals surface area contributed by atoms with Crippen molar-refractivity contribution in [3.05, 3.63) is 60.8 Å². The Kier molecular flexibility index (Phi) is 41.1. The molecule has 0 aliphatic carbocycles. The van der Waals surface area contributed by atoms with Gasteiger partial charge in [0.15, 0.2) is 6.10 Å². The quantitative estimate of drug-likeness (QED) is 0.0235. The van der Waals surface area contributed by atoms with Gasteiger partial charge in [0.05, 0.1) is 19.8 Å². The summed E-state index contributed by atoms with van der Waals surface area (Å²) >= 11 is 0. The molecule has 3 N–H and O–H groups in total. The van der Waals surface area contributed by atoms with E-state index in [1.54, 1.807) is 0 Å². The average molecular weight is 839 g/mol. The first-order valence-electron chi connectivity index (χ1n) is 22.7. The van der Waals surface area contributed by atoms with E-state index < -0.39 is 51.8 Å². The third-order valence-electron chi connectivity index (χ3n) is 9.41. The minimum absolute atomic E-state index is 0.164. The molecule has 336 valence electrons. The van der Waals surface area contributed by atoms with Crippen LogP contribution in [-0.4, -0.2) is 65.7 Å². The van der Waals surface area contributed by atoms with Crippen molar-refractivity contribution in [3.8, 4) is 0 Å². The van der Waals surface area contributed by atoms with Crippen LogP contribution in [-0.2, 0) is 32.7 Å². The maximum Gasteiger partial charge on any atom is 0.472 e. The Morgan fingerprint density at radius 2 is 0.948 bits per heavy atom. The Hall–Kier alpha value is -2.33. The van der Waals surface area contributed by atoms with Crippen LogP contribution in [0.4, 0.5) is 0 Å². The molecule has 0 aromatic rings. The average Bonchev–Trinajstić information content (AvgIpc) is 3.21. The Bertz CT molecular complexity index is 1150. The molecule has 0 saturated heterocycles. The number of carbonyl (C=O) groups is 2. The number of unbranched alkanes of at least 4 members (excludes halogenated alkanes) is 18. The highest BCUT2D eigenvalue weighted by Gasteiger charge is 2.27. The predicted octanol–water partition coefficient (Wildman–Crippen LogP) is 12.3. The maximum absolute atomic E-state index is 12.6. The van der Waals surface area contributed by atoms with Gasteiger partial charge in [-0.1, -0.05) is 158 Å². The summed E-state index contributed by atoms with van der Waals surface area (Å²) < 4.78 is 32.7. The van der Waals surface area contributed by atoms with Crippen LogP contribution in [0.25, 0.3) is 0 Å². The number of ether oxygens (including phenoxy) is 2. The lowest BCUT2D eigenvalue weighted by molar-refractivity contribution is -0.161. The molecule has 3 unspecified atom stereocenters.